The van der Waals surface area contributed by atoms with E-state index in [1.165, 1.54) is 12.1 Å². The lowest BCUT2D eigenvalue weighted by molar-refractivity contribution is -0.130. The van der Waals surface area contributed by atoms with Gasteiger partial charge in [0.25, 0.3) is 0 Å². The number of piperazine rings is 1. The number of rotatable bonds is 4. The highest BCUT2D eigenvalue weighted by molar-refractivity contribution is 5.79. The van der Waals surface area contributed by atoms with Gasteiger partial charge in [0.2, 0.25) is 5.91 Å². The highest BCUT2D eigenvalue weighted by atomic mass is 19.1. The molecule has 1 aromatic carbocycles. The molecule has 1 amide bonds. The molecule has 29 heavy (non-hydrogen) atoms. The second-order valence-electron chi connectivity index (χ2n) is 7.15. The summed E-state index contributed by atoms with van der Waals surface area (Å²) < 4.78 is 32.2. The molecule has 0 radical (unpaired) electrons. The van der Waals surface area contributed by atoms with Gasteiger partial charge in [-0.1, -0.05) is 6.07 Å². The molecule has 1 aromatic heterocycles. The van der Waals surface area contributed by atoms with Crippen molar-refractivity contribution in [3.8, 4) is 0 Å². The summed E-state index contributed by atoms with van der Waals surface area (Å²) in [6.45, 7) is 5.34. The highest BCUT2D eigenvalue weighted by Gasteiger charge is 2.24. The maximum atomic E-state index is 13.8. The minimum absolute atomic E-state index is 0.0710. The van der Waals surface area contributed by atoms with E-state index in [9.17, 15) is 13.6 Å². The van der Waals surface area contributed by atoms with Gasteiger partial charge < -0.3 is 19.4 Å². The van der Waals surface area contributed by atoms with E-state index in [0.717, 1.165) is 30.7 Å². The summed E-state index contributed by atoms with van der Waals surface area (Å²) >= 11 is 0. The van der Waals surface area contributed by atoms with Crippen molar-refractivity contribution < 1.29 is 18.3 Å². The quantitative estimate of drug-likeness (QED) is 0.771. The van der Waals surface area contributed by atoms with E-state index in [1.54, 1.807) is 11.1 Å². The molecule has 0 aliphatic carbocycles. The number of morpholine rings is 1. The number of carbonyl (C=O) groups excluding carboxylic acids is 1. The van der Waals surface area contributed by atoms with Crippen LogP contribution in [0.25, 0.3) is 0 Å². The fourth-order valence-corrected chi connectivity index (χ4v) is 3.62. The predicted molar refractivity (Wildman–Crippen MR) is 104 cm³/mol. The zero-order valence-electron chi connectivity index (χ0n) is 16.1. The van der Waals surface area contributed by atoms with Gasteiger partial charge in [-0.05, 0) is 11.6 Å². The minimum Gasteiger partial charge on any atom is -0.378 e. The number of amides is 1. The lowest BCUT2D eigenvalue weighted by atomic mass is 10.1. The van der Waals surface area contributed by atoms with Gasteiger partial charge in [-0.25, -0.2) is 8.78 Å². The zero-order valence-corrected chi connectivity index (χ0v) is 16.1. The number of halogens is 2. The molecule has 0 saturated carbocycles. The number of carbonyl (C=O) groups is 1. The summed E-state index contributed by atoms with van der Waals surface area (Å²) in [5, 5.41) is 8.38. The lowest BCUT2D eigenvalue weighted by Crippen LogP contribution is -2.49. The number of nitrogens with zero attached hydrogens (tertiary/aromatic N) is 5. The molecule has 2 aliphatic rings. The van der Waals surface area contributed by atoms with Crippen molar-refractivity contribution in [3.63, 3.8) is 0 Å². The van der Waals surface area contributed by atoms with E-state index in [0.29, 0.717) is 39.4 Å². The maximum absolute atomic E-state index is 13.8. The summed E-state index contributed by atoms with van der Waals surface area (Å²) in [6.07, 6.45) is 1.68. The summed E-state index contributed by atoms with van der Waals surface area (Å²) in [5.41, 5.74) is 1.23. The molecule has 4 rings (SSSR count). The first-order valence-electron chi connectivity index (χ1n) is 9.72. The Hall–Kier alpha value is -2.81. The van der Waals surface area contributed by atoms with E-state index in [4.69, 9.17) is 4.74 Å². The van der Waals surface area contributed by atoms with E-state index < -0.39 is 11.6 Å². The maximum Gasteiger partial charge on any atom is 0.227 e. The first-order valence-corrected chi connectivity index (χ1v) is 9.72. The highest BCUT2D eigenvalue weighted by Crippen LogP contribution is 2.21. The summed E-state index contributed by atoms with van der Waals surface area (Å²) in [5.74, 6) is -0.714. The molecule has 7 nitrogen and oxygen atoms in total. The third-order valence-electron chi connectivity index (χ3n) is 5.32. The standard InChI is InChI=1S/C20H23F2N5O2/c21-16-2-1-15(18(22)12-16)11-20(28)27-5-3-26(4-6-27)19-13-17(14-23-24-19)25-7-9-29-10-8-25/h1-2,12-14H,3-11H2. The van der Waals surface area contributed by atoms with Crippen LogP contribution in [-0.4, -0.2) is 73.5 Å². The van der Waals surface area contributed by atoms with Crippen LogP contribution in [0.15, 0.2) is 30.5 Å². The van der Waals surface area contributed by atoms with Crippen LogP contribution in [0.5, 0.6) is 0 Å². The van der Waals surface area contributed by atoms with Crippen LogP contribution in [0.2, 0.25) is 0 Å². The molecule has 2 saturated heterocycles. The van der Waals surface area contributed by atoms with Crippen LogP contribution >= 0.6 is 0 Å². The van der Waals surface area contributed by atoms with E-state index >= 15 is 0 Å². The number of hydrogen-bond acceptors (Lipinski definition) is 6. The Kier molecular flexibility index (Phi) is 5.84. The summed E-state index contributed by atoms with van der Waals surface area (Å²) in [7, 11) is 0. The van der Waals surface area contributed by atoms with Gasteiger partial charge >= 0.3 is 0 Å². The first kappa shape index (κ1) is 19.5. The fraction of sp³-hybridized carbons (Fsp3) is 0.450. The van der Waals surface area contributed by atoms with Crippen molar-refractivity contribution in [1.82, 2.24) is 15.1 Å². The lowest BCUT2D eigenvalue weighted by Gasteiger charge is -2.36. The number of hydrogen-bond donors (Lipinski definition) is 0. The molecule has 2 fully saturated rings. The molecule has 2 aromatic rings. The molecule has 2 aliphatic heterocycles. The van der Waals surface area contributed by atoms with Crippen molar-refractivity contribution in [2.75, 3.05) is 62.3 Å². The van der Waals surface area contributed by atoms with Crippen molar-refractivity contribution in [1.29, 1.82) is 0 Å². The van der Waals surface area contributed by atoms with Crippen molar-refractivity contribution in [3.05, 3.63) is 47.7 Å². The SMILES string of the molecule is O=C(Cc1ccc(F)cc1F)N1CCN(c2cc(N3CCOCC3)cnn2)CC1. The van der Waals surface area contributed by atoms with Gasteiger partial charge in [-0.15, -0.1) is 5.10 Å². The first-order chi connectivity index (χ1) is 14.1. The second kappa shape index (κ2) is 8.69. The summed E-state index contributed by atoms with van der Waals surface area (Å²) in [6, 6.07) is 5.32. The van der Waals surface area contributed by atoms with Gasteiger partial charge in [0.1, 0.15) is 11.6 Å². The predicted octanol–water partition coefficient (Wildman–Crippen LogP) is 1.48. The van der Waals surface area contributed by atoms with Gasteiger partial charge in [-0.3, -0.25) is 4.79 Å². The van der Waals surface area contributed by atoms with Crippen LogP contribution < -0.4 is 9.80 Å². The third-order valence-corrected chi connectivity index (χ3v) is 5.32. The number of benzene rings is 1. The van der Waals surface area contributed by atoms with Crippen LogP contribution in [-0.2, 0) is 16.0 Å². The smallest absolute Gasteiger partial charge is 0.227 e. The Labute approximate surface area is 167 Å². The Morgan fingerprint density at radius 1 is 1.00 bits per heavy atom. The Bertz CT molecular complexity index is 868. The van der Waals surface area contributed by atoms with Gasteiger partial charge in [0.15, 0.2) is 5.82 Å². The molecule has 154 valence electrons. The van der Waals surface area contributed by atoms with Crippen molar-refractivity contribution in [2.45, 2.75) is 6.42 Å². The molecular formula is C20H23F2N5O2. The van der Waals surface area contributed by atoms with Crippen molar-refractivity contribution >= 4 is 17.4 Å². The minimum atomic E-state index is -0.688. The second-order valence-corrected chi connectivity index (χ2v) is 7.15. The topological polar surface area (TPSA) is 61.8 Å². The number of ether oxygens (including phenoxy) is 1. The number of aromatic nitrogens is 2. The molecular weight excluding hydrogens is 380 g/mol. The summed E-state index contributed by atoms with van der Waals surface area (Å²) in [4.78, 5) is 18.5. The Morgan fingerprint density at radius 2 is 1.76 bits per heavy atom. The monoisotopic (exact) mass is 403 g/mol. The van der Waals surface area contributed by atoms with E-state index in [-0.39, 0.29) is 17.9 Å². The Morgan fingerprint density at radius 3 is 2.48 bits per heavy atom. The zero-order chi connectivity index (χ0) is 20.2. The fourth-order valence-electron chi connectivity index (χ4n) is 3.62. The largest absolute Gasteiger partial charge is 0.378 e. The van der Waals surface area contributed by atoms with E-state index in [1.807, 2.05) is 6.07 Å². The third kappa shape index (κ3) is 4.61. The average Bonchev–Trinajstić information content (AvgIpc) is 2.76. The van der Waals surface area contributed by atoms with Crippen LogP contribution in [0.4, 0.5) is 20.3 Å². The van der Waals surface area contributed by atoms with Crippen LogP contribution in [0.1, 0.15) is 5.56 Å². The van der Waals surface area contributed by atoms with Gasteiger partial charge in [0.05, 0.1) is 31.5 Å². The molecule has 0 bridgehead atoms. The Balaban J connectivity index is 1.35. The van der Waals surface area contributed by atoms with Crippen LogP contribution in [0, 0.1) is 11.6 Å². The normalized spacial score (nSPS) is 17.5. The van der Waals surface area contributed by atoms with Crippen LogP contribution in [0.3, 0.4) is 0 Å². The van der Waals surface area contributed by atoms with Gasteiger partial charge in [0, 0.05) is 51.4 Å². The van der Waals surface area contributed by atoms with Crippen molar-refractivity contribution in [2.24, 2.45) is 0 Å². The molecule has 0 spiro atoms. The molecule has 0 atom stereocenters. The molecule has 3 heterocycles. The molecule has 9 heteroatoms. The number of anilines is 2. The average molecular weight is 403 g/mol. The van der Waals surface area contributed by atoms with E-state index in [2.05, 4.69) is 20.0 Å². The molecule has 0 N–H and O–H groups in total. The van der Waals surface area contributed by atoms with Gasteiger partial charge in [-0.2, -0.15) is 5.10 Å². The molecule has 0 unspecified atom stereocenters.